The highest BCUT2D eigenvalue weighted by Gasteiger charge is 2.51. The molecule has 0 aromatic rings. The minimum absolute atomic E-state index is 0. The van der Waals surface area contributed by atoms with Gasteiger partial charge in [-0.1, -0.05) is 6.08 Å². The second-order valence-corrected chi connectivity index (χ2v) is 8.55. The summed E-state index contributed by atoms with van der Waals surface area (Å²) < 4.78 is 1.14. The molecule has 0 saturated carbocycles. The molecule has 26 heavy (non-hydrogen) atoms. The van der Waals surface area contributed by atoms with Crippen LogP contribution in [0, 0.1) is 5.92 Å². The fraction of sp³-hybridized carbons (Fsp3) is 0.647. The van der Waals surface area contributed by atoms with E-state index in [4.69, 9.17) is 5.73 Å². The van der Waals surface area contributed by atoms with Crippen molar-refractivity contribution in [3.05, 3.63) is 23.4 Å². The molecule has 9 heteroatoms. The molecule has 6 nitrogen and oxygen atoms in total. The zero-order valence-corrected chi connectivity index (χ0v) is 16.9. The number of β-lactam (4-membered cyclic amide) rings is 1. The van der Waals surface area contributed by atoms with Crippen molar-refractivity contribution in [2.75, 3.05) is 31.9 Å². The molecule has 5 heterocycles. The minimum atomic E-state index is -1.04. The molecular formula is C17H25Cl2N3O3S. The van der Waals surface area contributed by atoms with Gasteiger partial charge in [0.25, 0.3) is 0 Å². The molecule has 4 fully saturated rings. The van der Waals surface area contributed by atoms with Gasteiger partial charge >= 0.3 is 5.97 Å². The lowest BCUT2D eigenvalue weighted by atomic mass is 9.86. The first-order valence-electron chi connectivity index (χ1n) is 8.69. The number of fused-ring (bicyclic) bond motifs is 4. The van der Waals surface area contributed by atoms with Crippen LogP contribution in [0.4, 0.5) is 0 Å². The number of amides is 1. The summed E-state index contributed by atoms with van der Waals surface area (Å²) >= 11 is 1.56. The summed E-state index contributed by atoms with van der Waals surface area (Å²) in [5, 5.41) is 9.33. The van der Waals surface area contributed by atoms with Crippen LogP contribution in [0.3, 0.4) is 0 Å². The number of carbonyl (C=O) groups excluding carboxylic acids is 1. The molecule has 2 bridgehead atoms. The molecule has 2 atom stereocenters. The van der Waals surface area contributed by atoms with E-state index in [1.54, 1.807) is 11.8 Å². The highest BCUT2D eigenvalue weighted by molar-refractivity contribution is 8.00. The van der Waals surface area contributed by atoms with Crippen molar-refractivity contribution in [1.82, 2.24) is 4.90 Å². The van der Waals surface area contributed by atoms with Gasteiger partial charge < -0.3 is 27.7 Å². The van der Waals surface area contributed by atoms with Gasteiger partial charge in [-0.15, -0.1) is 24.2 Å². The maximum Gasteiger partial charge on any atom is 0.352 e. The smallest absolute Gasteiger partial charge is 0.352 e. The van der Waals surface area contributed by atoms with Crippen molar-refractivity contribution >= 4 is 36.0 Å². The summed E-state index contributed by atoms with van der Waals surface area (Å²) in [6.07, 6.45) is 8.03. The average Bonchev–Trinajstić information content (AvgIpc) is 2.61. The van der Waals surface area contributed by atoms with Gasteiger partial charge in [0.15, 0.2) is 0 Å². The van der Waals surface area contributed by atoms with Crippen LogP contribution in [0.15, 0.2) is 23.4 Å². The van der Waals surface area contributed by atoms with Crippen molar-refractivity contribution in [1.29, 1.82) is 0 Å². The fourth-order valence-corrected chi connectivity index (χ4v) is 5.76. The number of hydrogen-bond donors (Lipinski definition) is 2. The Hall–Kier alpha value is -0.730. The molecule has 5 rings (SSSR count). The molecule has 3 N–H and O–H groups in total. The van der Waals surface area contributed by atoms with E-state index in [0.29, 0.717) is 5.75 Å². The highest BCUT2D eigenvalue weighted by Crippen LogP contribution is 2.40. The van der Waals surface area contributed by atoms with Gasteiger partial charge in [-0.25, -0.2) is 4.79 Å². The van der Waals surface area contributed by atoms with E-state index in [1.807, 2.05) is 6.08 Å². The Balaban J connectivity index is 0.00000121. The average molecular weight is 422 g/mol. The molecule has 0 spiro atoms. The van der Waals surface area contributed by atoms with Crippen molar-refractivity contribution < 1.29 is 31.6 Å². The number of nitrogens with zero attached hydrogens (tertiary/aromatic N) is 2. The Bertz CT molecular complexity index is 633. The van der Waals surface area contributed by atoms with Crippen LogP contribution in [0.2, 0.25) is 0 Å². The number of hydrogen-bond acceptors (Lipinski definition) is 4. The molecule has 1 amide bonds. The Labute approximate surface area is 170 Å². The van der Waals surface area contributed by atoms with E-state index in [1.165, 1.54) is 43.8 Å². The summed E-state index contributed by atoms with van der Waals surface area (Å²) in [7, 11) is 0. The first-order chi connectivity index (χ1) is 11.5. The number of rotatable bonds is 4. The normalized spacial score (nSPS) is 35.5. The summed E-state index contributed by atoms with van der Waals surface area (Å²) in [4.78, 5) is 25.0. The zero-order chi connectivity index (χ0) is 16.9. The van der Waals surface area contributed by atoms with Crippen LogP contribution in [-0.4, -0.2) is 69.7 Å². The van der Waals surface area contributed by atoms with Gasteiger partial charge in [0.05, 0.1) is 26.2 Å². The van der Waals surface area contributed by atoms with E-state index < -0.39 is 12.0 Å². The second-order valence-electron chi connectivity index (χ2n) is 7.44. The number of carboxylic acids is 1. The van der Waals surface area contributed by atoms with E-state index >= 15 is 0 Å². The van der Waals surface area contributed by atoms with E-state index in [0.717, 1.165) is 22.5 Å². The van der Waals surface area contributed by atoms with Crippen LogP contribution in [-0.2, 0) is 9.59 Å². The Morgan fingerprint density at radius 1 is 1.31 bits per heavy atom. The van der Waals surface area contributed by atoms with Gasteiger partial charge in [-0.3, -0.25) is 9.69 Å². The second kappa shape index (κ2) is 8.10. The molecule has 0 radical (unpaired) electrons. The Morgan fingerprint density at radius 2 is 1.92 bits per heavy atom. The van der Waals surface area contributed by atoms with Crippen LogP contribution in [0.25, 0.3) is 0 Å². The van der Waals surface area contributed by atoms with Gasteiger partial charge in [-0.05, 0) is 36.8 Å². The monoisotopic (exact) mass is 421 g/mol. The van der Waals surface area contributed by atoms with Crippen molar-refractivity contribution in [2.45, 2.75) is 30.7 Å². The fourth-order valence-electron chi connectivity index (χ4n) is 4.50. The van der Waals surface area contributed by atoms with Crippen LogP contribution in [0.1, 0.15) is 19.3 Å². The summed E-state index contributed by atoms with van der Waals surface area (Å²) in [5.41, 5.74) is 6.63. The molecule has 0 aliphatic carbocycles. The third kappa shape index (κ3) is 3.52. The number of allylic oxidation sites excluding steroid dienone is 1. The summed E-state index contributed by atoms with van der Waals surface area (Å²) in [6.45, 7) is 4.70. The molecule has 5 aliphatic heterocycles. The molecule has 0 aromatic heterocycles. The van der Waals surface area contributed by atoms with Crippen molar-refractivity contribution in [2.24, 2.45) is 11.7 Å². The quantitative estimate of drug-likeness (QED) is 0.412. The standard InChI is InChI=1S/C17H23N3O3S.2ClH/c18-13-15(21)19-14(17(22)23)12(10-24-16(13)19)2-1-6-20-7-3-11(4-8-20)5-9-20;;/h1-2,11,13,16H,3-10,18H2;2*1H/b2-1+;;/t11?,13-,16-,20?;;/m1../s1. The Morgan fingerprint density at radius 3 is 2.50 bits per heavy atom. The van der Waals surface area contributed by atoms with Gasteiger partial charge in [0.2, 0.25) is 5.91 Å². The van der Waals surface area contributed by atoms with Crippen LogP contribution in [0.5, 0.6) is 0 Å². The number of thioether (sulfide) groups is 1. The van der Waals surface area contributed by atoms with Gasteiger partial charge in [0.1, 0.15) is 17.1 Å². The predicted molar refractivity (Wildman–Crippen MR) is 99.2 cm³/mol. The summed E-state index contributed by atoms with van der Waals surface area (Å²) in [5.74, 6) is 0.215. The topological polar surface area (TPSA) is 83.6 Å². The molecule has 0 aromatic carbocycles. The van der Waals surface area contributed by atoms with E-state index in [2.05, 4.69) is 6.08 Å². The maximum atomic E-state index is 11.9. The highest BCUT2D eigenvalue weighted by atomic mass is 35.5. The molecule has 5 aliphatic rings. The van der Waals surface area contributed by atoms with E-state index in [-0.39, 0.29) is 41.8 Å². The third-order valence-electron chi connectivity index (χ3n) is 6.09. The number of piperidine rings is 3. The van der Waals surface area contributed by atoms with Crippen molar-refractivity contribution in [3.63, 3.8) is 0 Å². The minimum Gasteiger partial charge on any atom is -1.00 e. The lowest BCUT2D eigenvalue weighted by Crippen LogP contribution is -3.00. The van der Waals surface area contributed by atoms with Crippen LogP contribution >= 0.6 is 24.2 Å². The Kier molecular flexibility index (Phi) is 6.72. The number of nitrogens with two attached hydrogens (primary N) is 1. The molecule has 146 valence electrons. The largest absolute Gasteiger partial charge is 1.00 e. The lowest BCUT2D eigenvalue weighted by molar-refractivity contribution is -0.937. The summed E-state index contributed by atoms with van der Waals surface area (Å²) in [6, 6.07) is -0.567. The first-order valence-corrected chi connectivity index (χ1v) is 9.74. The van der Waals surface area contributed by atoms with E-state index in [9.17, 15) is 14.7 Å². The number of carbonyl (C=O) groups is 2. The van der Waals surface area contributed by atoms with Gasteiger partial charge in [0, 0.05) is 5.75 Å². The third-order valence-corrected chi connectivity index (χ3v) is 7.41. The van der Waals surface area contributed by atoms with Crippen LogP contribution < -0.4 is 18.1 Å². The van der Waals surface area contributed by atoms with Crippen molar-refractivity contribution in [3.8, 4) is 0 Å². The number of carboxylic acid groups (broad SMARTS) is 1. The molecular weight excluding hydrogens is 397 g/mol. The lowest BCUT2D eigenvalue weighted by Gasteiger charge is -2.49. The molecule has 4 saturated heterocycles. The number of halogens is 2. The van der Waals surface area contributed by atoms with Gasteiger partial charge in [-0.2, -0.15) is 0 Å². The zero-order valence-electron chi connectivity index (χ0n) is 14.5. The number of aliphatic carboxylic acids is 1. The SMILES string of the molecule is Cl.N[C@@H]1C(=O)N2C(C(=O)O)=C(/C=C/C[N+]34CCC(CC3)CC4)CS[C@H]12.[Cl-]. The predicted octanol–water partition coefficient (Wildman–Crippen LogP) is -1.82. The first kappa shape index (κ1) is 21.6. The molecule has 0 unspecified atom stereocenters. The number of quaternary nitrogens is 1. The maximum absolute atomic E-state index is 11.9.